The van der Waals surface area contributed by atoms with Crippen molar-refractivity contribution in [1.29, 1.82) is 0 Å². The van der Waals surface area contributed by atoms with Crippen molar-refractivity contribution < 1.29 is 19.4 Å². The number of rotatable bonds is 5. The number of nitrogens with one attached hydrogen (secondary N) is 1. The first-order valence-electron chi connectivity index (χ1n) is 6.74. The number of pyridine rings is 1. The predicted octanol–water partition coefficient (Wildman–Crippen LogP) is 2.57. The summed E-state index contributed by atoms with van der Waals surface area (Å²) in [6.45, 7) is 3.68. The molecule has 2 atom stereocenters. The summed E-state index contributed by atoms with van der Waals surface area (Å²) in [5.41, 5.74) is 0.359. The highest BCUT2D eigenvalue weighted by molar-refractivity contribution is 6.30. The van der Waals surface area contributed by atoms with Gasteiger partial charge in [-0.15, -0.1) is 0 Å². The lowest BCUT2D eigenvalue weighted by atomic mass is 9.73. The second kappa shape index (κ2) is 6.30. The second-order valence-corrected chi connectivity index (χ2v) is 5.73. The van der Waals surface area contributed by atoms with Gasteiger partial charge in [0.25, 0.3) is 0 Å². The van der Waals surface area contributed by atoms with Crippen LogP contribution in [0.25, 0.3) is 0 Å². The van der Waals surface area contributed by atoms with Crippen LogP contribution in [0.4, 0.5) is 5.69 Å². The monoisotopic (exact) mass is 312 g/mol. The summed E-state index contributed by atoms with van der Waals surface area (Å²) in [5.74, 6) is -2.15. The number of hydrogen-bond donors (Lipinski definition) is 2. The smallest absolute Gasteiger partial charge is 0.307 e. The highest BCUT2D eigenvalue weighted by Crippen LogP contribution is 2.36. The number of carbonyl (C=O) groups is 2. The van der Waals surface area contributed by atoms with E-state index >= 15 is 0 Å². The van der Waals surface area contributed by atoms with Gasteiger partial charge in [-0.3, -0.25) is 9.59 Å². The Morgan fingerprint density at radius 1 is 1.43 bits per heavy atom. The van der Waals surface area contributed by atoms with E-state index in [4.69, 9.17) is 21.4 Å². The zero-order valence-electron chi connectivity index (χ0n) is 11.8. The van der Waals surface area contributed by atoms with E-state index in [-0.39, 0.29) is 17.9 Å². The number of aromatic nitrogens is 1. The van der Waals surface area contributed by atoms with Gasteiger partial charge in [-0.1, -0.05) is 11.6 Å². The molecule has 1 saturated carbocycles. The highest BCUT2D eigenvalue weighted by Gasteiger charge is 2.41. The number of aliphatic carboxylic acids is 1. The third kappa shape index (κ3) is 3.64. The van der Waals surface area contributed by atoms with Crippen molar-refractivity contribution in [3.63, 3.8) is 0 Å². The van der Waals surface area contributed by atoms with Crippen molar-refractivity contribution in [2.75, 3.05) is 5.32 Å². The average molecular weight is 313 g/mol. The Balaban J connectivity index is 2.13. The van der Waals surface area contributed by atoms with Crippen LogP contribution < -0.4 is 10.1 Å². The van der Waals surface area contributed by atoms with Gasteiger partial charge < -0.3 is 15.2 Å². The number of halogens is 1. The van der Waals surface area contributed by atoms with E-state index < -0.39 is 17.8 Å². The van der Waals surface area contributed by atoms with E-state index in [1.165, 1.54) is 6.20 Å². The number of anilines is 1. The number of ether oxygens (including phenoxy) is 1. The standard InChI is InChI=1S/C14H17ClN2O4/c1-7(2)21-13-11(5-8(15)6-16-13)17-12(18)9-3-4-10(9)14(19)20/h5-7,9-10H,3-4H2,1-2H3,(H,17,18)(H,19,20)/t9-,10+/m1/s1. The minimum Gasteiger partial charge on any atom is -0.481 e. The largest absolute Gasteiger partial charge is 0.481 e. The van der Waals surface area contributed by atoms with Crippen molar-refractivity contribution >= 4 is 29.2 Å². The van der Waals surface area contributed by atoms with Crippen LogP contribution in [-0.4, -0.2) is 28.1 Å². The lowest BCUT2D eigenvalue weighted by molar-refractivity contribution is -0.151. The molecule has 1 aliphatic rings. The Morgan fingerprint density at radius 2 is 2.10 bits per heavy atom. The Morgan fingerprint density at radius 3 is 2.62 bits per heavy atom. The van der Waals surface area contributed by atoms with Gasteiger partial charge in [-0.25, -0.2) is 4.98 Å². The number of nitrogens with zero attached hydrogens (tertiary/aromatic N) is 1. The molecule has 0 saturated heterocycles. The van der Waals surface area contributed by atoms with E-state index in [0.29, 0.717) is 23.6 Å². The summed E-state index contributed by atoms with van der Waals surface area (Å²) in [7, 11) is 0. The second-order valence-electron chi connectivity index (χ2n) is 5.29. The minimum absolute atomic E-state index is 0.107. The first-order valence-corrected chi connectivity index (χ1v) is 7.12. The molecular formula is C14H17ClN2O4. The van der Waals surface area contributed by atoms with Crippen LogP contribution in [0.3, 0.4) is 0 Å². The van der Waals surface area contributed by atoms with Crippen LogP contribution >= 0.6 is 11.6 Å². The average Bonchev–Trinajstić information content (AvgIpc) is 2.29. The molecule has 7 heteroatoms. The minimum atomic E-state index is -0.940. The summed E-state index contributed by atoms with van der Waals surface area (Å²) in [5, 5.41) is 12.0. The maximum Gasteiger partial charge on any atom is 0.307 e. The maximum absolute atomic E-state index is 12.2. The summed E-state index contributed by atoms with van der Waals surface area (Å²) in [4.78, 5) is 27.2. The van der Waals surface area contributed by atoms with E-state index in [1.807, 2.05) is 13.8 Å². The molecule has 1 fully saturated rings. The Labute approximate surface area is 127 Å². The first kappa shape index (κ1) is 15.6. The Hall–Kier alpha value is -1.82. The SMILES string of the molecule is CC(C)Oc1ncc(Cl)cc1NC(=O)[C@@H]1CC[C@@H]1C(=O)O. The van der Waals surface area contributed by atoms with Gasteiger partial charge in [0.05, 0.1) is 23.0 Å². The molecule has 1 amide bonds. The fraction of sp³-hybridized carbons (Fsp3) is 0.500. The van der Waals surface area contributed by atoms with Crippen LogP contribution in [0.15, 0.2) is 12.3 Å². The zero-order valence-corrected chi connectivity index (χ0v) is 12.6. The fourth-order valence-corrected chi connectivity index (χ4v) is 2.33. The van der Waals surface area contributed by atoms with Gasteiger partial charge >= 0.3 is 5.97 Å². The first-order chi connectivity index (χ1) is 9.88. The molecule has 1 aromatic heterocycles. The third-order valence-electron chi connectivity index (χ3n) is 3.35. The summed E-state index contributed by atoms with van der Waals surface area (Å²) in [6, 6.07) is 1.54. The Kier molecular flexibility index (Phi) is 4.67. The molecule has 6 nitrogen and oxygen atoms in total. The number of carboxylic acid groups (broad SMARTS) is 1. The third-order valence-corrected chi connectivity index (χ3v) is 3.56. The molecule has 1 aliphatic carbocycles. The molecule has 1 aromatic rings. The van der Waals surface area contributed by atoms with E-state index in [1.54, 1.807) is 6.07 Å². The highest BCUT2D eigenvalue weighted by atomic mass is 35.5. The number of carbonyl (C=O) groups excluding carboxylic acids is 1. The van der Waals surface area contributed by atoms with Crippen LogP contribution in [-0.2, 0) is 9.59 Å². The molecule has 0 radical (unpaired) electrons. The van der Waals surface area contributed by atoms with Gasteiger partial charge in [0.2, 0.25) is 11.8 Å². The molecule has 2 N–H and O–H groups in total. The van der Waals surface area contributed by atoms with Crippen molar-refractivity contribution in [1.82, 2.24) is 4.98 Å². The summed E-state index contributed by atoms with van der Waals surface area (Å²) < 4.78 is 5.51. The molecule has 21 heavy (non-hydrogen) atoms. The van der Waals surface area contributed by atoms with Gasteiger partial charge in [0.1, 0.15) is 5.69 Å². The molecular weight excluding hydrogens is 296 g/mol. The molecule has 114 valence electrons. The summed E-state index contributed by atoms with van der Waals surface area (Å²) in [6.07, 6.45) is 2.41. The predicted molar refractivity (Wildman–Crippen MR) is 77.5 cm³/mol. The lowest BCUT2D eigenvalue weighted by Gasteiger charge is -2.32. The van der Waals surface area contributed by atoms with Gasteiger partial charge in [-0.2, -0.15) is 0 Å². The molecule has 0 bridgehead atoms. The molecule has 0 aromatic carbocycles. The molecule has 1 heterocycles. The van der Waals surface area contributed by atoms with E-state index in [9.17, 15) is 9.59 Å². The lowest BCUT2D eigenvalue weighted by Crippen LogP contribution is -2.41. The maximum atomic E-state index is 12.2. The number of carboxylic acids is 1. The van der Waals surface area contributed by atoms with Crippen LogP contribution in [0.5, 0.6) is 5.88 Å². The summed E-state index contributed by atoms with van der Waals surface area (Å²) >= 11 is 5.88. The number of amides is 1. The molecule has 0 aliphatic heterocycles. The van der Waals surface area contributed by atoms with Gasteiger partial charge in [-0.05, 0) is 32.8 Å². The van der Waals surface area contributed by atoms with E-state index in [2.05, 4.69) is 10.3 Å². The van der Waals surface area contributed by atoms with Crippen molar-refractivity contribution in [2.45, 2.75) is 32.8 Å². The zero-order chi connectivity index (χ0) is 15.6. The molecule has 2 rings (SSSR count). The molecule has 0 unspecified atom stereocenters. The van der Waals surface area contributed by atoms with Gasteiger partial charge in [0.15, 0.2) is 0 Å². The Bertz CT molecular complexity index is 562. The van der Waals surface area contributed by atoms with Crippen LogP contribution in [0, 0.1) is 11.8 Å². The van der Waals surface area contributed by atoms with E-state index in [0.717, 1.165) is 0 Å². The van der Waals surface area contributed by atoms with Crippen molar-refractivity contribution in [2.24, 2.45) is 11.8 Å². The fourth-order valence-electron chi connectivity index (χ4n) is 2.17. The normalized spacial score (nSPS) is 20.8. The van der Waals surface area contributed by atoms with Crippen LogP contribution in [0.2, 0.25) is 5.02 Å². The van der Waals surface area contributed by atoms with Crippen molar-refractivity contribution in [3.05, 3.63) is 17.3 Å². The quantitative estimate of drug-likeness (QED) is 0.872. The topological polar surface area (TPSA) is 88.5 Å². The van der Waals surface area contributed by atoms with Gasteiger partial charge in [0, 0.05) is 6.20 Å². The van der Waals surface area contributed by atoms with Crippen molar-refractivity contribution in [3.8, 4) is 5.88 Å². The van der Waals surface area contributed by atoms with Crippen LogP contribution in [0.1, 0.15) is 26.7 Å². The molecule has 0 spiro atoms. The number of hydrogen-bond acceptors (Lipinski definition) is 4.